The van der Waals surface area contributed by atoms with Crippen LogP contribution in [0.25, 0.3) is 0 Å². The fourth-order valence-corrected chi connectivity index (χ4v) is 2.02. The Morgan fingerprint density at radius 2 is 2.00 bits per heavy atom. The van der Waals surface area contributed by atoms with Crippen molar-refractivity contribution < 1.29 is 9.53 Å². The molecule has 3 N–H and O–H groups in total. The molecule has 1 rings (SSSR count). The van der Waals surface area contributed by atoms with Gasteiger partial charge in [-0.05, 0) is 49.6 Å². The number of carbonyl (C=O) groups is 1. The summed E-state index contributed by atoms with van der Waals surface area (Å²) in [7, 11) is 1.62. The van der Waals surface area contributed by atoms with E-state index in [4.69, 9.17) is 10.5 Å². The topological polar surface area (TPSA) is 64.4 Å². The highest BCUT2D eigenvalue weighted by molar-refractivity contribution is 5.90. The highest BCUT2D eigenvalue weighted by atomic mass is 16.5. The summed E-state index contributed by atoms with van der Waals surface area (Å²) < 4.78 is 5.07. The van der Waals surface area contributed by atoms with Gasteiger partial charge >= 0.3 is 0 Å². The Morgan fingerprint density at radius 3 is 2.53 bits per heavy atom. The molecule has 0 aliphatic heterocycles. The third kappa shape index (κ3) is 5.75. The van der Waals surface area contributed by atoms with Gasteiger partial charge in [-0.25, -0.2) is 0 Å². The van der Waals surface area contributed by atoms with E-state index in [9.17, 15) is 4.79 Å². The lowest BCUT2D eigenvalue weighted by Gasteiger charge is -2.13. The molecule has 0 aromatic heterocycles. The Bertz CT molecular complexity index is 376. The molecule has 0 spiro atoms. The van der Waals surface area contributed by atoms with Crippen molar-refractivity contribution in [3.05, 3.63) is 24.3 Å². The van der Waals surface area contributed by atoms with Crippen molar-refractivity contribution >= 4 is 11.6 Å². The Hall–Kier alpha value is -1.55. The number of nitrogens with two attached hydrogens (primary N) is 1. The smallest absolute Gasteiger partial charge is 0.224 e. The minimum atomic E-state index is 0.0561. The maximum atomic E-state index is 11.8. The molecule has 0 aliphatic carbocycles. The zero-order chi connectivity index (χ0) is 14.1. The number of rotatable bonds is 8. The van der Waals surface area contributed by atoms with Gasteiger partial charge in [-0.1, -0.05) is 13.3 Å². The first-order chi connectivity index (χ1) is 9.19. The molecular weight excluding hydrogens is 240 g/mol. The lowest BCUT2D eigenvalue weighted by Crippen LogP contribution is -2.15. The van der Waals surface area contributed by atoms with Gasteiger partial charge in [0.05, 0.1) is 7.11 Å². The van der Waals surface area contributed by atoms with Crippen molar-refractivity contribution in [3.63, 3.8) is 0 Å². The Labute approximate surface area is 115 Å². The fraction of sp³-hybridized carbons (Fsp3) is 0.533. The van der Waals surface area contributed by atoms with Gasteiger partial charge in [0.25, 0.3) is 0 Å². The molecular formula is C15H24N2O2. The molecule has 0 fully saturated rings. The third-order valence-electron chi connectivity index (χ3n) is 3.31. The highest BCUT2D eigenvalue weighted by Crippen LogP contribution is 2.17. The minimum absolute atomic E-state index is 0.0561. The second-order valence-corrected chi connectivity index (χ2v) is 4.67. The number of benzene rings is 1. The zero-order valence-electron chi connectivity index (χ0n) is 11.8. The number of amides is 1. The van der Waals surface area contributed by atoms with Crippen molar-refractivity contribution in [2.45, 2.75) is 32.6 Å². The molecule has 1 atom stereocenters. The summed E-state index contributed by atoms with van der Waals surface area (Å²) in [4.78, 5) is 11.8. The van der Waals surface area contributed by atoms with Crippen LogP contribution in [-0.2, 0) is 4.79 Å². The van der Waals surface area contributed by atoms with E-state index >= 15 is 0 Å². The molecule has 19 heavy (non-hydrogen) atoms. The van der Waals surface area contributed by atoms with E-state index in [1.54, 1.807) is 7.11 Å². The van der Waals surface area contributed by atoms with Crippen LogP contribution in [0.4, 0.5) is 5.69 Å². The minimum Gasteiger partial charge on any atom is -0.497 e. The van der Waals surface area contributed by atoms with E-state index < -0.39 is 0 Å². The van der Waals surface area contributed by atoms with Crippen LogP contribution in [0.5, 0.6) is 5.75 Å². The van der Waals surface area contributed by atoms with Crippen molar-refractivity contribution in [3.8, 4) is 5.75 Å². The average molecular weight is 264 g/mol. The Balaban J connectivity index is 2.37. The van der Waals surface area contributed by atoms with Gasteiger partial charge < -0.3 is 15.8 Å². The summed E-state index contributed by atoms with van der Waals surface area (Å²) in [5, 5.41) is 2.89. The summed E-state index contributed by atoms with van der Waals surface area (Å²) in [5.74, 6) is 1.39. The van der Waals surface area contributed by atoms with Crippen LogP contribution in [0.15, 0.2) is 24.3 Å². The fourth-order valence-electron chi connectivity index (χ4n) is 2.02. The molecule has 1 aromatic carbocycles. The molecule has 1 amide bonds. The monoisotopic (exact) mass is 264 g/mol. The molecule has 4 heteroatoms. The van der Waals surface area contributed by atoms with Crippen LogP contribution < -0.4 is 15.8 Å². The molecule has 1 unspecified atom stereocenters. The van der Waals surface area contributed by atoms with Crippen molar-refractivity contribution in [1.29, 1.82) is 0 Å². The van der Waals surface area contributed by atoms with Gasteiger partial charge in [0.2, 0.25) is 5.91 Å². The van der Waals surface area contributed by atoms with Crippen molar-refractivity contribution in [2.75, 3.05) is 19.0 Å². The summed E-state index contributed by atoms with van der Waals surface area (Å²) in [6.45, 7) is 2.83. The number of hydrogen-bond acceptors (Lipinski definition) is 3. The average Bonchev–Trinajstić information content (AvgIpc) is 2.44. The maximum Gasteiger partial charge on any atom is 0.224 e. The number of anilines is 1. The van der Waals surface area contributed by atoms with Gasteiger partial charge in [0, 0.05) is 12.1 Å². The number of hydrogen-bond donors (Lipinski definition) is 2. The lowest BCUT2D eigenvalue weighted by atomic mass is 9.96. The predicted octanol–water partition coefficient (Wildman–Crippen LogP) is 2.79. The number of nitrogens with one attached hydrogen (secondary N) is 1. The molecule has 0 saturated heterocycles. The lowest BCUT2D eigenvalue weighted by molar-refractivity contribution is -0.116. The number of carbonyl (C=O) groups excluding carboxylic acids is 1. The quantitative estimate of drug-likeness (QED) is 0.759. The second-order valence-electron chi connectivity index (χ2n) is 4.67. The maximum absolute atomic E-state index is 11.8. The van der Waals surface area contributed by atoms with Crippen LogP contribution in [0.3, 0.4) is 0 Å². The standard InChI is InChI=1S/C15H24N2O2/c1-3-12(10-11-16)4-9-15(18)17-13-5-7-14(19-2)8-6-13/h5-8,12H,3-4,9-11,16H2,1-2H3,(H,17,18). The number of ether oxygens (including phenoxy) is 1. The second kappa shape index (κ2) is 8.53. The van der Waals surface area contributed by atoms with Gasteiger partial charge in [-0.2, -0.15) is 0 Å². The van der Waals surface area contributed by atoms with Crippen LogP contribution in [-0.4, -0.2) is 19.6 Å². The SMILES string of the molecule is CCC(CCN)CCC(=O)Nc1ccc(OC)cc1. The highest BCUT2D eigenvalue weighted by Gasteiger charge is 2.09. The van der Waals surface area contributed by atoms with E-state index in [0.29, 0.717) is 18.9 Å². The first-order valence-electron chi connectivity index (χ1n) is 6.83. The van der Waals surface area contributed by atoms with E-state index in [1.807, 2.05) is 24.3 Å². The van der Waals surface area contributed by atoms with E-state index in [0.717, 1.165) is 30.7 Å². The van der Waals surface area contributed by atoms with Crippen LogP contribution >= 0.6 is 0 Å². The van der Waals surface area contributed by atoms with Crippen LogP contribution in [0.1, 0.15) is 32.6 Å². The Morgan fingerprint density at radius 1 is 1.32 bits per heavy atom. The normalized spacial score (nSPS) is 11.9. The molecule has 0 radical (unpaired) electrons. The molecule has 0 bridgehead atoms. The summed E-state index contributed by atoms with van der Waals surface area (Å²) in [6, 6.07) is 7.35. The van der Waals surface area contributed by atoms with Crippen molar-refractivity contribution in [2.24, 2.45) is 11.7 Å². The van der Waals surface area contributed by atoms with Crippen LogP contribution in [0, 0.1) is 5.92 Å². The Kier molecular flexibility index (Phi) is 6.97. The molecule has 4 nitrogen and oxygen atoms in total. The summed E-state index contributed by atoms with van der Waals surface area (Å²) in [5.41, 5.74) is 6.35. The summed E-state index contributed by atoms with van der Waals surface area (Å²) in [6.07, 6.45) is 3.51. The number of methoxy groups -OCH3 is 1. The first-order valence-corrected chi connectivity index (χ1v) is 6.83. The largest absolute Gasteiger partial charge is 0.497 e. The zero-order valence-corrected chi connectivity index (χ0v) is 11.8. The van der Waals surface area contributed by atoms with Crippen molar-refractivity contribution in [1.82, 2.24) is 0 Å². The molecule has 1 aromatic rings. The first kappa shape index (κ1) is 15.5. The molecule has 0 saturated carbocycles. The van der Waals surface area contributed by atoms with E-state index in [2.05, 4.69) is 12.2 Å². The van der Waals surface area contributed by atoms with E-state index in [1.165, 1.54) is 0 Å². The molecule has 0 aliphatic rings. The van der Waals surface area contributed by atoms with Gasteiger partial charge in [-0.15, -0.1) is 0 Å². The van der Waals surface area contributed by atoms with Gasteiger partial charge in [-0.3, -0.25) is 4.79 Å². The summed E-state index contributed by atoms with van der Waals surface area (Å²) >= 11 is 0. The van der Waals surface area contributed by atoms with E-state index in [-0.39, 0.29) is 5.91 Å². The molecule has 106 valence electrons. The molecule has 0 heterocycles. The van der Waals surface area contributed by atoms with Gasteiger partial charge in [0.1, 0.15) is 5.75 Å². The predicted molar refractivity (Wildman–Crippen MR) is 78.3 cm³/mol. The third-order valence-corrected chi connectivity index (χ3v) is 3.31. The van der Waals surface area contributed by atoms with Crippen LogP contribution in [0.2, 0.25) is 0 Å². The van der Waals surface area contributed by atoms with Gasteiger partial charge in [0.15, 0.2) is 0 Å².